The quantitative estimate of drug-likeness (QED) is 0.456. The number of hydrogen-bond donors (Lipinski definition) is 0. The van der Waals surface area contributed by atoms with Crippen LogP contribution in [0.15, 0.2) is 82.0 Å². The summed E-state index contributed by atoms with van der Waals surface area (Å²) in [5, 5.41) is 0. The first-order chi connectivity index (χ1) is 14.9. The molecule has 0 unspecified atom stereocenters. The van der Waals surface area contributed by atoms with Crippen molar-refractivity contribution in [1.29, 1.82) is 0 Å². The van der Waals surface area contributed by atoms with Crippen LogP contribution < -0.4 is 15.4 Å². The molecule has 0 N–H and O–H groups in total. The van der Waals surface area contributed by atoms with Crippen LogP contribution in [-0.2, 0) is 11.3 Å². The second kappa shape index (κ2) is 8.43. The van der Waals surface area contributed by atoms with Gasteiger partial charge in [0.25, 0.3) is 0 Å². The monoisotopic (exact) mass is 424 g/mol. The third-order valence-electron chi connectivity index (χ3n) is 4.89. The highest BCUT2D eigenvalue weighted by Gasteiger charge is 2.17. The molecule has 4 aromatic rings. The van der Waals surface area contributed by atoms with Gasteiger partial charge in [-0.3, -0.25) is 9.36 Å². The molecule has 0 aliphatic carbocycles. The Hall–Kier alpha value is -3.94. The fraction of sp³-hybridized carbons (Fsp3) is 0.130. The summed E-state index contributed by atoms with van der Waals surface area (Å²) in [7, 11) is 1.64. The molecule has 0 bridgehead atoms. The normalized spacial score (nSPS) is 11.1. The van der Waals surface area contributed by atoms with Gasteiger partial charge in [0.1, 0.15) is 12.3 Å². The van der Waals surface area contributed by atoms with E-state index in [4.69, 9.17) is 4.42 Å². The second-order valence-electron chi connectivity index (χ2n) is 6.83. The number of nitrogens with zero attached hydrogens (tertiary/aromatic N) is 2. The fourth-order valence-electron chi connectivity index (χ4n) is 3.26. The number of carbonyl (C=O) groups excluding carboxylic acids is 1. The number of likely N-dealkylation sites (N-methyl/N-ethyl adjacent to an activating group) is 1. The minimum atomic E-state index is -2.89. The number of ether oxygens (including phenoxy) is 1. The van der Waals surface area contributed by atoms with E-state index in [0.29, 0.717) is 16.8 Å². The van der Waals surface area contributed by atoms with Crippen molar-refractivity contribution in [1.82, 2.24) is 4.57 Å². The van der Waals surface area contributed by atoms with Crippen LogP contribution in [-0.4, -0.2) is 24.1 Å². The molecule has 0 fully saturated rings. The lowest BCUT2D eigenvalue weighted by Gasteiger charge is -2.17. The summed E-state index contributed by atoms with van der Waals surface area (Å²) in [6.45, 7) is -3.09. The number of amides is 1. The molecule has 0 radical (unpaired) electrons. The highest BCUT2D eigenvalue weighted by Crippen LogP contribution is 2.26. The summed E-state index contributed by atoms with van der Waals surface area (Å²) in [5.74, 6) is -0.868. The first kappa shape index (κ1) is 20.3. The number of oxazole rings is 1. The molecule has 3 aromatic carbocycles. The van der Waals surface area contributed by atoms with E-state index in [-0.39, 0.29) is 18.2 Å². The third kappa shape index (κ3) is 4.32. The van der Waals surface area contributed by atoms with Crippen LogP contribution in [0.2, 0.25) is 0 Å². The third-order valence-corrected chi connectivity index (χ3v) is 4.89. The first-order valence-corrected chi connectivity index (χ1v) is 9.42. The minimum Gasteiger partial charge on any atom is -0.435 e. The van der Waals surface area contributed by atoms with Crippen molar-refractivity contribution in [2.45, 2.75) is 13.2 Å². The molecule has 0 atom stereocenters. The van der Waals surface area contributed by atoms with Crippen LogP contribution in [0.25, 0.3) is 22.2 Å². The molecule has 4 rings (SSSR count). The fourth-order valence-corrected chi connectivity index (χ4v) is 3.26. The Kier molecular flexibility index (Phi) is 5.53. The van der Waals surface area contributed by atoms with Gasteiger partial charge in [0.15, 0.2) is 5.58 Å². The zero-order valence-corrected chi connectivity index (χ0v) is 16.5. The smallest absolute Gasteiger partial charge is 0.420 e. The molecule has 0 spiro atoms. The van der Waals surface area contributed by atoms with Gasteiger partial charge >= 0.3 is 12.4 Å². The Balaban J connectivity index is 1.63. The summed E-state index contributed by atoms with van der Waals surface area (Å²) < 4.78 is 35.6. The Bertz CT molecular complexity index is 1260. The zero-order valence-electron chi connectivity index (χ0n) is 16.5. The highest BCUT2D eigenvalue weighted by atomic mass is 19.3. The summed E-state index contributed by atoms with van der Waals surface area (Å²) in [6.07, 6.45) is 0. The van der Waals surface area contributed by atoms with E-state index in [1.165, 1.54) is 21.6 Å². The van der Waals surface area contributed by atoms with Gasteiger partial charge in [0.05, 0.1) is 5.52 Å². The number of halogens is 2. The second-order valence-corrected chi connectivity index (χ2v) is 6.83. The summed E-state index contributed by atoms with van der Waals surface area (Å²) in [6, 6.07) is 20.3. The minimum absolute atomic E-state index is 0.0505. The molecule has 6 nitrogen and oxygen atoms in total. The van der Waals surface area contributed by atoms with Crippen LogP contribution >= 0.6 is 0 Å². The average molecular weight is 424 g/mol. The lowest BCUT2D eigenvalue weighted by molar-refractivity contribution is -0.118. The maximum Gasteiger partial charge on any atom is 0.420 e. The largest absolute Gasteiger partial charge is 0.435 e. The SMILES string of the molecule is CN(C(=O)Cn1c(=O)oc2ccc(-c3ccc(OC(F)F)cc3)cc21)c1ccccc1. The van der Waals surface area contributed by atoms with Crippen molar-refractivity contribution in [3.8, 4) is 16.9 Å². The molecule has 1 aromatic heterocycles. The van der Waals surface area contributed by atoms with Gasteiger partial charge in [0.2, 0.25) is 5.91 Å². The Morgan fingerprint density at radius 3 is 2.39 bits per heavy atom. The topological polar surface area (TPSA) is 64.7 Å². The average Bonchev–Trinajstić information content (AvgIpc) is 3.08. The molecule has 0 aliphatic heterocycles. The Morgan fingerprint density at radius 2 is 1.71 bits per heavy atom. The van der Waals surface area contributed by atoms with Crippen LogP contribution in [0.3, 0.4) is 0 Å². The summed E-state index contributed by atoms with van der Waals surface area (Å²) in [5.41, 5.74) is 2.98. The van der Waals surface area contributed by atoms with Crippen molar-refractivity contribution < 1.29 is 22.7 Å². The number of alkyl halides is 2. The van der Waals surface area contributed by atoms with Gasteiger partial charge < -0.3 is 14.1 Å². The number of benzene rings is 3. The van der Waals surface area contributed by atoms with E-state index in [1.54, 1.807) is 49.5 Å². The number of aromatic nitrogens is 1. The molecule has 1 heterocycles. The van der Waals surface area contributed by atoms with Crippen LogP contribution in [0.4, 0.5) is 14.5 Å². The molecule has 31 heavy (non-hydrogen) atoms. The molecule has 0 saturated heterocycles. The van der Waals surface area contributed by atoms with E-state index in [2.05, 4.69) is 4.74 Å². The number of hydrogen-bond acceptors (Lipinski definition) is 4. The summed E-state index contributed by atoms with van der Waals surface area (Å²) >= 11 is 0. The summed E-state index contributed by atoms with van der Waals surface area (Å²) in [4.78, 5) is 26.6. The lowest BCUT2D eigenvalue weighted by atomic mass is 10.1. The Morgan fingerprint density at radius 1 is 1.03 bits per heavy atom. The molecular weight excluding hydrogens is 406 g/mol. The maximum atomic E-state index is 12.7. The van der Waals surface area contributed by atoms with Crippen LogP contribution in [0.5, 0.6) is 5.75 Å². The molecule has 158 valence electrons. The molecule has 0 aliphatic rings. The van der Waals surface area contributed by atoms with E-state index in [9.17, 15) is 18.4 Å². The van der Waals surface area contributed by atoms with E-state index in [0.717, 1.165) is 11.1 Å². The van der Waals surface area contributed by atoms with Crippen molar-refractivity contribution in [2.24, 2.45) is 0 Å². The standard InChI is InChI=1S/C23H18F2N2O4/c1-26(17-5-3-2-4-6-17)21(28)14-27-19-13-16(9-12-20(19)31-23(27)29)15-7-10-18(11-8-15)30-22(24)25/h2-13,22H,14H2,1H3. The number of carbonyl (C=O) groups is 1. The molecular formula is C23H18F2N2O4. The van der Waals surface area contributed by atoms with Gasteiger partial charge in [-0.15, -0.1) is 0 Å². The van der Waals surface area contributed by atoms with E-state index < -0.39 is 12.4 Å². The van der Waals surface area contributed by atoms with Gasteiger partial charge in [-0.05, 0) is 47.5 Å². The van der Waals surface area contributed by atoms with Crippen molar-refractivity contribution >= 4 is 22.7 Å². The first-order valence-electron chi connectivity index (χ1n) is 9.42. The molecule has 0 saturated carbocycles. The number of rotatable bonds is 6. The van der Waals surface area contributed by atoms with Gasteiger partial charge in [0, 0.05) is 12.7 Å². The molecule has 8 heteroatoms. The predicted molar refractivity (Wildman–Crippen MR) is 112 cm³/mol. The van der Waals surface area contributed by atoms with Gasteiger partial charge in [-0.2, -0.15) is 8.78 Å². The van der Waals surface area contributed by atoms with Crippen molar-refractivity contribution in [2.75, 3.05) is 11.9 Å². The Labute approximate surface area is 175 Å². The van der Waals surface area contributed by atoms with E-state index in [1.807, 2.05) is 18.2 Å². The lowest BCUT2D eigenvalue weighted by Crippen LogP contribution is -2.32. The number of fused-ring (bicyclic) bond motifs is 1. The van der Waals surface area contributed by atoms with E-state index >= 15 is 0 Å². The predicted octanol–water partition coefficient (Wildman–Crippen LogP) is 4.53. The van der Waals surface area contributed by atoms with Crippen LogP contribution in [0.1, 0.15) is 0 Å². The van der Waals surface area contributed by atoms with Gasteiger partial charge in [-0.1, -0.05) is 36.4 Å². The zero-order chi connectivity index (χ0) is 22.0. The molecule has 1 amide bonds. The van der Waals surface area contributed by atoms with Gasteiger partial charge in [-0.25, -0.2) is 4.79 Å². The van der Waals surface area contributed by atoms with Crippen LogP contribution in [0, 0.1) is 0 Å². The number of para-hydroxylation sites is 1. The highest BCUT2D eigenvalue weighted by molar-refractivity contribution is 5.93. The maximum absolute atomic E-state index is 12.7. The van der Waals surface area contributed by atoms with Crippen molar-refractivity contribution in [3.63, 3.8) is 0 Å². The van der Waals surface area contributed by atoms with Crippen molar-refractivity contribution in [3.05, 3.63) is 83.3 Å². The number of anilines is 1.